The number of nitrogens with zero attached hydrogens (tertiary/aromatic N) is 3. The summed E-state index contributed by atoms with van der Waals surface area (Å²) in [6.45, 7) is 4.62. The zero-order chi connectivity index (χ0) is 16.5. The standard InChI is InChI=1S/C19H25N3O2/c23-18(22-12-8-15-5-1-2-6-17(15)22)14-20-11-7-16(13-20)19(24)21-9-3-4-10-21/h1-2,5-6,16H,3-4,7-14H2. The highest BCUT2D eigenvalue weighted by Gasteiger charge is 2.34. The van der Waals surface area contributed by atoms with Crippen molar-refractivity contribution in [1.82, 2.24) is 9.80 Å². The Morgan fingerprint density at radius 2 is 1.83 bits per heavy atom. The molecule has 0 aliphatic carbocycles. The van der Waals surface area contributed by atoms with Crippen molar-refractivity contribution in [1.29, 1.82) is 0 Å². The second-order valence-corrected chi connectivity index (χ2v) is 7.18. The van der Waals surface area contributed by atoms with Gasteiger partial charge in [0, 0.05) is 31.9 Å². The highest BCUT2D eigenvalue weighted by molar-refractivity contribution is 5.96. The van der Waals surface area contributed by atoms with Gasteiger partial charge in [-0.2, -0.15) is 0 Å². The number of benzene rings is 1. The number of para-hydroxylation sites is 1. The molecule has 5 nitrogen and oxygen atoms in total. The summed E-state index contributed by atoms with van der Waals surface area (Å²) in [6, 6.07) is 8.15. The molecule has 0 saturated carbocycles. The summed E-state index contributed by atoms with van der Waals surface area (Å²) < 4.78 is 0. The SMILES string of the molecule is O=C(C1CCN(CC(=O)N2CCc3ccccc32)C1)N1CCCC1. The Morgan fingerprint density at radius 3 is 2.67 bits per heavy atom. The van der Waals surface area contributed by atoms with Gasteiger partial charge in [0.1, 0.15) is 0 Å². The van der Waals surface area contributed by atoms with Gasteiger partial charge in [-0.05, 0) is 43.9 Å². The number of amides is 2. The molecule has 0 spiro atoms. The average Bonchev–Trinajstić information content (AvgIpc) is 3.34. The van der Waals surface area contributed by atoms with E-state index in [9.17, 15) is 9.59 Å². The van der Waals surface area contributed by atoms with E-state index in [1.807, 2.05) is 28.0 Å². The van der Waals surface area contributed by atoms with Gasteiger partial charge < -0.3 is 9.80 Å². The van der Waals surface area contributed by atoms with Crippen molar-refractivity contribution in [3.8, 4) is 0 Å². The van der Waals surface area contributed by atoms with Gasteiger partial charge >= 0.3 is 0 Å². The van der Waals surface area contributed by atoms with Crippen LogP contribution in [0.15, 0.2) is 24.3 Å². The van der Waals surface area contributed by atoms with Gasteiger partial charge in [-0.25, -0.2) is 0 Å². The Labute approximate surface area is 143 Å². The highest BCUT2D eigenvalue weighted by atomic mass is 16.2. The molecule has 1 aromatic carbocycles. The molecule has 0 radical (unpaired) electrons. The van der Waals surface area contributed by atoms with Crippen LogP contribution in [0.5, 0.6) is 0 Å². The predicted octanol–water partition coefficient (Wildman–Crippen LogP) is 1.52. The van der Waals surface area contributed by atoms with Crippen LogP contribution in [0.2, 0.25) is 0 Å². The quantitative estimate of drug-likeness (QED) is 0.845. The molecule has 1 atom stereocenters. The van der Waals surface area contributed by atoms with E-state index < -0.39 is 0 Å². The second kappa shape index (κ2) is 6.55. The number of carbonyl (C=O) groups excluding carboxylic acids is 2. The summed E-state index contributed by atoms with van der Waals surface area (Å²) in [5.41, 5.74) is 2.32. The van der Waals surface area contributed by atoms with Gasteiger partial charge in [-0.3, -0.25) is 14.5 Å². The lowest BCUT2D eigenvalue weighted by Crippen LogP contribution is -2.40. The van der Waals surface area contributed by atoms with Crippen molar-refractivity contribution < 1.29 is 9.59 Å². The number of fused-ring (bicyclic) bond motifs is 1. The fourth-order valence-corrected chi connectivity index (χ4v) is 4.25. The fourth-order valence-electron chi connectivity index (χ4n) is 4.25. The maximum Gasteiger partial charge on any atom is 0.241 e. The van der Waals surface area contributed by atoms with Crippen molar-refractivity contribution in [3.05, 3.63) is 29.8 Å². The molecule has 5 heteroatoms. The number of anilines is 1. The minimum absolute atomic E-state index is 0.0850. The van der Waals surface area contributed by atoms with Crippen molar-refractivity contribution >= 4 is 17.5 Å². The minimum atomic E-state index is 0.0850. The molecule has 4 rings (SSSR count). The Bertz CT molecular complexity index is 639. The molecular weight excluding hydrogens is 302 g/mol. The molecule has 2 fully saturated rings. The van der Waals surface area contributed by atoms with Crippen molar-refractivity contribution in [2.75, 3.05) is 44.2 Å². The molecule has 24 heavy (non-hydrogen) atoms. The lowest BCUT2D eigenvalue weighted by molar-refractivity contribution is -0.134. The molecule has 2 amide bonds. The first-order valence-corrected chi connectivity index (χ1v) is 9.12. The normalized spacial score (nSPS) is 23.8. The molecule has 0 bridgehead atoms. The third-order valence-corrected chi connectivity index (χ3v) is 5.59. The molecule has 3 heterocycles. The topological polar surface area (TPSA) is 43.9 Å². The molecule has 3 aliphatic rings. The smallest absolute Gasteiger partial charge is 0.241 e. The third kappa shape index (κ3) is 2.93. The van der Waals surface area contributed by atoms with E-state index >= 15 is 0 Å². The molecule has 1 unspecified atom stereocenters. The summed E-state index contributed by atoms with van der Waals surface area (Å²) in [7, 11) is 0. The molecule has 128 valence electrons. The fraction of sp³-hybridized carbons (Fsp3) is 0.579. The Balaban J connectivity index is 1.33. The molecular formula is C19H25N3O2. The van der Waals surface area contributed by atoms with E-state index in [1.165, 1.54) is 5.56 Å². The van der Waals surface area contributed by atoms with Gasteiger partial charge in [-0.1, -0.05) is 18.2 Å². The molecule has 3 aliphatic heterocycles. The van der Waals surface area contributed by atoms with Crippen LogP contribution in [0.4, 0.5) is 5.69 Å². The van der Waals surface area contributed by atoms with E-state index in [2.05, 4.69) is 11.0 Å². The maximum absolute atomic E-state index is 12.7. The Hall–Kier alpha value is -1.88. The van der Waals surface area contributed by atoms with Crippen LogP contribution in [0.1, 0.15) is 24.8 Å². The lowest BCUT2D eigenvalue weighted by atomic mass is 10.1. The van der Waals surface area contributed by atoms with Gasteiger partial charge in [0.2, 0.25) is 11.8 Å². The van der Waals surface area contributed by atoms with E-state index in [4.69, 9.17) is 0 Å². The minimum Gasteiger partial charge on any atom is -0.342 e. The summed E-state index contributed by atoms with van der Waals surface area (Å²) in [6.07, 6.45) is 4.10. The predicted molar refractivity (Wildman–Crippen MR) is 92.9 cm³/mol. The lowest BCUT2D eigenvalue weighted by Gasteiger charge is -2.23. The molecule has 0 N–H and O–H groups in total. The van der Waals surface area contributed by atoms with Gasteiger partial charge in [0.25, 0.3) is 0 Å². The van der Waals surface area contributed by atoms with Crippen LogP contribution in [-0.2, 0) is 16.0 Å². The first-order chi connectivity index (χ1) is 11.7. The summed E-state index contributed by atoms with van der Waals surface area (Å²) in [4.78, 5) is 31.3. The maximum atomic E-state index is 12.7. The average molecular weight is 327 g/mol. The number of rotatable bonds is 3. The monoisotopic (exact) mass is 327 g/mol. The Kier molecular flexibility index (Phi) is 4.27. The Morgan fingerprint density at radius 1 is 1.04 bits per heavy atom. The number of hydrogen-bond acceptors (Lipinski definition) is 3. The zero-order valence-corrected chi connectivity index (χ0v) is 14.1. The number of likely N-dealkylation sites (tertiary alicyclic amines) is 2. The van der Waals surface area contributed by atoms with E-state index in [-0.39, 0.29) is 11.8 Å². The largest absolute Gasteiger partial charge is 0.342 e. The van der Waals surface area contributed by atoms with Crippen molar-refractivity contribution in [2.24, 2.45) is 5.92 Å². The third-order valence-electron chi connectivity index (χ3n) is 5.59. The summed E-state index contributed by atoms with van der Waals surface area (Å²) in [5.74, 6) is 0.546. The second-order valence-electron chi connectivity index (χ2n) is 7.18. The van der Waals surface area contributed by atoms with Gasteiger partial charge in [0.15, 0.2) is 0 Å². The molecule has 0 aromatic heterocycles. The molecule has 2 saturated heterocycles. The molecule has 1 aromatic rings. The van der Waals surface area contributed by atoms with E-state index in [1.54, 1.807) is 0 Å². The van der Waals surface area contributed by atoms with E-state index in [0.717, 1.165) is 64.1 Å². The van der Waals surface area contributed by atoms with Crippen LogP contribution < -0.4 is 4.90 Å². The zero-order valence-electron chi connectivity index (χ0n) is 14.1. The highest BCUT2D eigenvalue weighted by Crippen LogP contribution is 2.28. The van der Waals surface area contributed by atoms with Crippen LogP contribution in [0, 0.1) is 5.92 Å². The number of hydrogen-bond donors (Lipinski definition) is 0. The van der Waals surface area contributed by atoms with Crippen LogP contribution in [0.25, 0.3) is 0 Å². The number of carbonyl (C=O) groups is 2. The van der Waals surface area contributed by atoms with Crippen molar-refractivity contribution in [3.63, 3.8) is 0 Å². The van der Waals surface area contributed by atoms with Crippen molar-refractivity contribution in [2.45, 2.75) is 25.7 Å². The summed E-state index contributed by atoms with van der Waals surface area (Å²) in [5, 5.41) is 0. The van der Waals surface area contributed by atoms with Crippen LogP contribution in [0.3, 0.4) is 0 Å². The van der Waals surface area contributed by atoms with Gasteiger partial charge in [-0.15, -0.1) is 0 Å². The summed E-state index contributed by atoms with van der Waals surface area (Å²) >= 11 is 0. The van der Waals surface area contributed by atoms with Crippen LogP contribution in [-0.4, -0.2) is 60.9 Å². The van der Waals surface area contributed by atoms with Crippen LogP contribution >= 0.6 is 0 Å². The first-order valence-electron chi connectivity index (χ1n) is 9.12. The first kappa shape index (κ1) is 15.6. The van der Waals surface area contributed by atoms with Gasteiger partial charge in [0.05, 0.1) is 12.5 Å². The van der Waals surface area contributed by atoms with E-state index in [0.29, 0.717) is 12.5 Å².